The number of rotatable bonds is 10. The molecule has 2 aromatic rings. The molecule has 2 atom stereocenters. The van der Waals surface area contributed by atoms with Crippen LogP contribution in [0.15, 0.2) is 30.5 Å². The molecule has 0 aliphatic heterocycles. The molecule has 0 spiro atoms. The van der Waals surface area contributed by atoms with Crippen LogP contribution in [0.3, 0.4) is 0 Å². The second kappa shape index (κ2) is 10.2. The summed E-state index contributed by atoms with van der Waals surface area (Å²) in [6, 6.07) is 5.96. The molecule has 2 aliphatic rings. The molecule has 0 radical (unpaired) electrons. The minimum atomic E-state index is -0.946. The van der Waals surface area contributed by atoms with Crippen LogP contribution < -0.4 is 10.6 Å². The Balaban J connectivity index is 1.57. The van der Waals surface area contributed by atoms with Gasteiger partial charge in [-0.15, -0.1) is 0 Å². The van der Waals surface area contributed by atoms with Gasteiger partial charge in [0.25, 0.3) is 0 Å². The number of esters is 1. The fourth-order valence-corrected chi connectivity index (χ4v) is 4.81. The summed E-state index contributed by atoms with van der Waals surface area (Å²) in [4.78, 5) is 38.8. The minimum absolute atomic E-state index is 0.0221. The molecule has 4 rings (SSSR count). The Kier molecular flexibility index (Phi) is 7.23. The zero-order chi connectivity index (χ0) is 25.3. The van der Waals surface area contributed by atoms with E-state index in [-0.39, 0.29) is 17.6 Å². The van der Waals surface area contributed by atoms with Gasteiger partial charge in [0, 0.05) is 12.1 Å². The highest BCUT2D eigenvalue weighted by molar-refractivity contribution is 6.11. The molecule has 1 heterocycles. The Labute approximate surface area is 204 Å². The first-order valence-corrected chi connectivity index (χ1v) is 12.2. The standard InChI is InChI=1S/C26H33FN4O4/c1-14(2)31-21(11-12-28-31)30-25(33)23(22(16-5-6-16)17-7-8-17)24(32)29-20-10-9-18(13-19(20)27)15(3)26(34)35-4/h9-17,22-23H,5-8H2,1-4H3,(H,29,32)(H,30,33). The van der Waals surface area contributed by atoms with Crippen molar-refractivity contribution in [1.29, 1.82) is 0 Å². The first-order chi connectivity index (χ1) is 16.7. The van der Waals surface area contributed by atoms with E-state index < -0.39 is 35.4 Å². The van der Waals surface area contributed by atoms with Gasteiger partial charge < -0.3 is 15.4 Å². The summed E-state index contributed by atoms with van der Waals surface area (Å²) in [6.07, 6.45) is 5.59. The van der Waals surface area contributed by atoms with Crippen LogP contribution in [0, 0.1) is 29.5 Å². The lowest BCUT2D eigenvalue weighted by atomic mass is 9.82. The number of aromatic nitrogens is 2. The van der Waals surface area contributed by atoms with E-state index in [2.05, 4.69) is 15.7 Å². The van der Waals surface area contributed by atoms with Crippen molar-refractivity contribution in [3.63, 3.8) is 0 Å². The summed E-state index contributed by atoms with van der Waals surface area (Å²) in [5.74, 6) is -2.55. The van der Waals surface area contributed by atoms with E-state index in [4.69, 9.17) is 4.74 Å². The van der Waals surface area contributed by atoms with Crippen molar-refractivity contribution in [2.45, 2.75) is 58.4 Å². The molecular weight excluding hydrogens is 451 g/mol. The lowest BCUT2D eigenvalue weighted by molar-refractivity contribution is -0.142. The highest BCUT2D eigenvalue weighted by Crippen LogP contribution is 2.53. The SMILES string of the molecule is COC(=O)C(C)c1ccc(NC(=O)C(C(=O)Nc2ccnn2C(C)C)C(C2CC2)C2CC2)c(F)c1. The third-order valence-electron chi connectivity index (χ3n) is 7.00. The fraction of sp³-hybridized carbons (Fsp3) is 0.538. The smallest absolute Gasteiger partial charge is 0.312 e. The van der Waals surface area contributed by atoms with Crippen molar-refractivity contribution in [2.75, 3.05) is 17.7 Å². The molecule has 2 fully saturated rings. The predicted molar refractivity (Wildman–Crippen MR) is 129 cm³/mol. The monoisotopic (exact) mass is 484 g/mol. The minimum Gasteiger partial charge on any atom is -0.469 e. The quantitative estimate of drug-likeness (QED) is 0.382. The van der Waals surface area contributed by atoms with Crippen LogP contribution in [-0.4, -0.2) is 34.7 Å². The number of halogens is 1. The van der Waals surface area contributed by atoms with Crippen molar-refractivity contribution in [3.05, 3.63) is 41.8 Å². The van der Waals surface area contributed by atoms with E-state index in [1.807, 2.05) is 13.8 Å². The number of carbonyl (C=O) groups excluding carboxylic acids is 3. The molecule has 2 amide bonds. The average Bonchev–Trinajstić information content (AvgIpc) is 3.76. The van der Waals surface area contributed by atoms with Crippen molar-refractivity contribution in [1.82, 2.24) is 9.78 Å². The summed E-state index contributed by atoms with van der Waals surface area (Å²) in [5.41, 5.74) is 0.420. The number of anilines is 2. The van der Waals surface area contributed by atoms with Gasteiger partial charge in [-0.1, -0.05) is 6.07 Å². The highest BCUT2D eigenvalue weighted by atomic mass is 19.1. The maximum atomic E-state index is 14.9. The van der Waals surface area contributed by atoms with E-state index in [1.165, 1.54) is 19.2 Å². The van der Waals surface area contributed by atoms with Gasteiger partial charge in [0.05, 0.1) is 24.9 Å². The van der Waals surface area contributed by atoms with Gasteiger partial charge in [-0.05, 0) is 81.9 Å². The number of nitrogens with one attached hydrogen (secondary N) is 2. The third kappa shape index (κ3) is 5.55. The largest absolute Gasteiger partial charge is 0.469 e. The second-order valence-corrected chi connectivity index (χ2v) is 9.95. The van der Waals surface area contributed by atoms with Crippen LogP contribution in [0.25, 0.3) is 0 Å². The van der Waals surface area contributed by atoms with Crippen LogP contribution in [-0.2, 0) is 19.1 Å². The van der Waals surface area contributed by atoms with Gasteiger partial charge in [0.2, 0.25) is 11.8 Å². The molecule has 2 aliphatic carbocycles. The van der Waals surface area contributed by atoms with Gasteiger partial charge in [-0.25, -0.2) is 9.07 Å². The third-order valence-corrected chi connectivity index (χ3v) is 7.00. The first-order valence-electron chi connectivity index (χ1n) is 12.2. The molecule has 9 heteroatoms. The first kappa shape index (κ1) is 24.9. The van der Waals surface area contributed by atoms with E-state index in [0.717, 1.165) is 25.7 Å². The maximum Gasteiger partial charge on any atom is 0.312 e. The zero-order valence-corrected chi connectivity index (χ0v) is 20.6. The van der Waals surface area contributed by atoms with Crippen molar-refractivity contribution >= 4 is 29.3 Å². The molecule has 35 heavy (non-hydrogen) atoms. The molecule has 188 valence electrons. The number of amides is 2. The Morgan fingerprint density at radius 2 is 1.66 bits per heavy atom. The fourth-order valence-electron chi connectivity index (χ4n) is 4.81. The summed E-state index contributed by atoms with van der Waals surface area (Å²) < 4.78 is 21.3. The summed E-state index contributed by atoms with van der Waals surface area (Å²) in [5, 5.41) is 9.80. The number of methoxy groups -OCH3 is 1. The number of ether oxygens (including phenoxy) is 1. The van der Waals surface area contributed by atoms with E-state index >= 15 is 0 Å². The zero-order valence-electron chi connectivity index (χ0n) is 20.6. The van der Waals surface area contributed by atoms with Crippen LogP contribution >= 0.6 is 0 Å². The summed E-state index contributed by atoms with van der Waals surface area (Å²) in [7, 11) is 1.28. The molecule has 1 aromatic heterocycles. The Hall–Kier alpha value is -3.23. The van der Waals surface area contributed by atoms with Crippen LogP contribution in [0.1, 0.15) is 64.0 Å². The Morgan fingerprint density at radius 1 is 1.03 bits per heavy atom. The van der Waals surface area contributed by atoms with E-state index in [0.29, 0.717) is 23.2 Å². The van der Waals surface area contributed by atoms with Crippen molar-refractivity contribution in [2.24, 2.45) is 23.7 Å². The molecule has 8 nitrogen and oxygen atoms in total. The Bertz CT molecular complexity index is 1090. The van der Waals surface area contributed by atoms with Gasteiger partial charge in [0.1, 0.15) is 17.6 Å². The van der Waals surface area contributed by atoms with Gasteiger partial charge in [-0.3, -0.25) is 14.4 Å². The van der Waals surface area contributed by atoms with E-state index in [1.54, 1.807) is 29.9 Å². The topological polar surface area (TPSA) is 102 Å². The normalized spacial score (nSPS) is 17.2. The number of hydrogen-bond acceptors (Lipinski definition) is 5. The number of carbonyl (C=O) groups is 3. The summed E-state index contributed by atoms with van der Waals surface area (Å²) in [6.45, 7) is 5.53. The second-order valence-electron chi connectivity index (χ2n) is 9.95. The Morgan fingerprint density at radius 3 is 2.20 bits per heavy atom. The summed E-state index contributed by atoms with van der Waals surface area (Å²) >= 11 is 0. The lowest BCUT2D eigenvalue weighted by Gasteiger charge is -2.26. The molecule has 2 unspecified atom stereocenters. The van der Waals surface area contributed by atoms with Crippen LogP contribution in [0.5, 0.6) is 0 Å². The van der Waals surface area contributed by atoms with E-state index in [9.17, 15) is 18.8 Å². The molecule has 0 saturated heterocycles. The molecule has 2 saturated carbocycles. The average molecular weight is 485 g/mol. The molecule has 2 N–H and O–H groups in total. The molecular formula is C26H33FN4O4. The number of hydrogen-bond donors (Lipinski definition) is 2. The highest BCUT2D eigenvalue weighted by Gasteiger charge is 2.50. The predicted octanol–water partition coefficient (Wildman–Crippen LogP) is 4.51. The van der Waals surface area contributed by atoms with Gasteiger partial charge in [0.15, 0.2) is 0 Å². The molecule has 1 aromatic carbocycles. The lowest BCUT2D eigenvalue weighted by Crippen LogP contribution is -2.41. The van der Waals surface area contributed by atoms with Crippen LogP contribution in [0.2, 0.25) is 0 Å². The van der Waals surface area contributed by atoms with Gasteiger partial charge >= 0.3 is 5.97 Å². The maximum absolute atomic E-state index is 14.9. The van der Waals surface area contributed by atoms with Crippen LogP contribution in [0.4, 0.5) is 15.9 Å². The molecule has 0 bridgehead atoms. The number of benzene rings is 1. The van der Waals surface area contributed by atoms with Crippen molar-refractivity contribution in [3.8, 4) is 0 Å². The van der Waals surface area contributed by atoms with Crippen molar-refractivity contribution < 1.29 is 23.5 Å². The van der Waals surface area contributed by atoms with Gasteiger partial charge in [-0.2, -0.15) is 5.10 Å². The number of nitrogens with zero attached hydrogens (tertiary/aromatic N) is 2.